The number of halogens is 4. The van der Waals surface area contributed by atoms with E-state index >= 15 is 9.59 Å². The van der Waals surface area contributed by atoms with Crippen LogP contribution >= 0.6 is 11.6 Å². The fraction of sp³-hybridized carbons (Fsp3) is 0.738. The molecule has 4 N–H and O–H groups in total. The lowest BCUT2D eigenvalue weighted by atomic mass is 9.84. The maximum absolute atomic E-state index is 15.1. The lowest BCUT2D eigenvalue weighted by Crippen LogP contribution is -2.64. The molecule has 510 valence electrons. The van der Waals surface area contributed by atoms with E-state index in [2.05, 4.69) is 21.3 Å². The van der Waals surface area contributed by atoms with Crippen molar-refractivity contribution in [2.24, 2.45) is 23.7 Å². The van der Waals surface area contributed by atoms with Gasteiger partial charge >= 0.3 is 6.18 Å². The van der Waals surface area contributed by atoms with Crippen molar-refractivity contribution in [3.8, 4) is 0 Å². The Hall–Kier alpha value is -6.53. The number of nitrogens with one attached hydrogen (secondary N) is 4. The van der Waals surface area contributed by atoms with Gasteiger partial charge < -0.3 is 55.6 Å². The van der Waals surface area contributed by atoms with E-state index in [9.17, 15) is 56.3 Å². The van der Waals surface area contributed by atoms with Gasteiger partial charge in [-0.2, -0.15) is 13.2 Å². The second kappa shape index (κ2) is 33.4. The fourth-order valence-corrected chi connectivity index (χ4v) is 13.5. The second-order valence-corrected chi connectivity index (χ2v) is 27.1. The number of rotatable bonds is 11. The van der Waals surface area contributed by atoms with Crippen molar-refractivity contribution in [3.63, 3.8) is 0 Å². The van der Waals surface area contributed by atoms with Crippen LogP contribution in [0.15, 0.2) is 18.2 Å². The molecule has 2 aliphatic heterocycles. The zero-order chi connectivity index (χ0) is 68.0. The van der Waals surface area contributed by atoms with Crippen LogP contribution in [-0.4, -0.2) is 216 Å². The molecule has 2 saturated carbocycles. The van der Waals surface area contributed by atoms with Gasteiger partial charge in [0.2, 0.25) is 65.0 Å². The van der Waals surface area contributed by atoms with Crippen molar-refractivity contribution in [3.05, 3.63) is 34.3 Å². The lowest BCUT2D eigenvalue weighted by Gasteiger charge is -2.40. The Morgan fingerprint density at radius 1 is 0.637 bits per heavy atom. The molecule has 5 rings (SSSR count). The van der Waals surface area contributed by atoms with E-state index in [4.69, 9.17) is 11.6 Å². The first kappa shape index (κ1) is 75.2. The number of likely N-dealkylation sites (N-methyl/N-ethyl adjacent to an activating group) is 6. The maximum Gasteiger partial charge on any atom is 0.417 e. The number of carbonyl (C=O) groups excluding carboxylic acids is 11. The minimum Gasteiger partial charge on any atom is -0.351 e. The molecule has 9 atom stereocenters. The summed E-state index contributed by atoms with van der Waals surface area (Å²) >= 11 is 6.12. The van der Waals surface area contributed by atoms with Crippen molar-refractivity contribution < 1.29 is 65.9 Å². The molecular weight excluding hydrogens is 1200 g/mol. The molecule has 2 aliphatic carbocycles. The van der Waals surface area contributed by atoms with Gasteiger partial charge in [-0.05, 0) is 99.7 Å². The van der Waals surface area contributed by atoms with E-state index in [1.54, 1.807) is 13.8 Å². The third kappa shape index (κ3) is 19.8. The molecule has 91 heavy (non-hydrogen) atoms. The molecule has 0 unspecified atom stereocenters. The van der Waals surface area contributed by atoms with E-state index in [-0.39, 0.29) is 69.7 Å². The molecule has 1 spiro atoms. The Morgan fingerprint density at radius 3 is 1.84 bits per heavy atom. The van der Waals surface area contributed by atoms with Gasteiger partial charge in [-0.3, -0.25) is 52.7 Å². The van der Waals surface area contributed by atoms with Gasteiger partial charge in [0.1, 0.15) is 41.8 Å². The van der Waals surface area contributed by atoms with Crippen molar-refractivity contribution in [1.82, 2.24) is 55.6 Å². The molecule has 4 fully saturated rings. The van der Waals surface area contributed by atoms with E-state index in [0.29, 0.717) is 37.7 Å². The van der Waals surface area contributed by atoms with Crippen molar-refractivity contribution in [2.45, 2.75) is 218 Å². The quantitative estimate of drug-likeness (QED) is 0.213. The van der Waals surface area contributed by atoms with Crippen LogP contribution in [0.1, 0.15) is 169 Å². The van der Waals surface area contributed by atoms with Crippen LogP contribution in [-0.2, 0) is 65.3 Å². The lowest BCUT2D eigenvalue weighted by molar-refractivity contribution is -0.149. The van der Waals surface area contributed by atoms with Crippen LogP contribution in [0.4, 0.5) is 13.2 Å². The van der Waals surface area contributed by atoms with Gasteiger partial charge in [0.25, 0.3) is 0 Å². The molecule has 11 amide bonds. The van der Waals surface area contributed by atoms with Crippen LogP contribution in [0.2, 0.25) is 5.02 Å². The van der Waals surface area contributed by atoms with E-state index in [1.165, 1.54) is 68.0 Å². The highest BCUT2D eigenvalue weighted by Crippen LogP contribution is 2.37. The van der Waals surface area contributed by atoms with Crippen molar-refractivity contribution >= 4 is 76.6 Å². The number of fused-ring (bicyclic) bond motifs is 1. The normalized spacial score (nSPS) is 26.5. The van der Waals surface area contributed by atoms with Crippen LogP contribution in [0.3, 0.4) is 0 Å². The number of benzene rings is 1. The third-order valence-electron chi connectivity index (χ3n) is 19.2. The summed E-state index contributed by atoms with van der Waals surface area (Å²) in [4.78, 5) is 168. The Labute approximate surface area is 540 Å². The molecule has 0 bridgehead atoms. The molecule has 22 nitrogen and oxygen atoms in total. The summed E-state index contributed by atoms with van der Waals surface area (Å²) in [7, 11) is 8.58. The predicted octanol–water partition coefficient (Wildman–Crippen LogP) is 5.55. The van der Waals surface area contributed by atoms with E-state index < -0.39 is 161 Å². The number of alkyl halides is 3. The summed E-state index contributed by atoms with van der Waals surface area (Å²) in [6.45, 7) is 11.1. The zero-order valence-electron chi connectivity index (χ0n) is 55.8. The Balaban J connectivity index is 1.55. The van der Waals surface area contributed by atoms with Gasteiger partial charge in [-0.15, -0.1) is 0 Å². The molecule has 26 heteroatoms. The number of aryl methyl sites for hydroxylation is 1. The largest absolute Gasteiger partial charge is 0.417 e. The molecule has 4 aliphatic rings. The zero-order valence-corrected chi connectivity index (χ0v) is 56.5. The summed E-state index contributed by atoms with van der Waals surface area (Å²) in [5, 5.41) is 11.0. The smallest absolute Gasteiger partial charge is 0.351 e. The van der Waals surface area contributed by atoms with Crippen LogP contribution < -0.4 is 21.3 Å². The standard InChI is InChI=1S/C65H101ClF3N11O11/c1-14-40(5)55-62(90)76(10)37-53(83)74(8)38-54(84)78(12)50(35-43-22-17-16-18-23-43)61(89)75(9)36-51(81)71-47(28-26-44-25-27-45(46(66)34-44)65(67,68)69)60(88)80-31-21-24-48(80)58(86)73-64(29-19-20-30-64)63(91)79(13)56(41(6)15-2)59(87)70-42(7)33-52(82)77(11)49(32-39(3)4)57(85)72-55/h25,27,34,39-43,47-50,55-56H,14-24,26,28-33,35-38H2,1-13H3,(H,70,87)(H,71,81)(H,72,85)(H,73,86)/t40-,41-,42+,47-,48-,49-,50-,55-,56-/m0/s1. The average molecular weight is 1310 g/mol. The van der Waals surface area contributed by atoms with Crippen LogP contribution in [0.5, 0.6) is 0 Å². The van der Waals surface area contributed by atoms with E-state index in [1.807, 2.05) is 34.6 Å². The molecule has 2 heterocycles. The highest BCUT2D eigenvalue weighted by atomic mass is 35.5. The highest BCUT2D eigenvalue weighted by Gasteiger charge is 2.50. The molecule has 0 radical (unpaired) electrons. The van der Waals surface area contributed by atoms with Crippen LogP contribution in [0.25, 0.3) is 0 Å². The highest BCUT2D eigenvalue weighted by molar-refractivity contribution is 6.31. The summed E-state index contributed by atoms with van der Waals surface area (Å²) in [6.07, 6.45) is 2.53. The minimum absolute atomic E-state index is 0.0336. The fourth-order valence-electron chi connectivity index (χ4n) is 13.2. The van der Waals surface area contributed by atoms with Crippen molar-refractivity contribution in [1.29, 1.82) is 0 Å². The molecule has 1 aromatic rings. The predicted molar refractivity (Wildman–Crippen MR) is 337 cm³/mol. The molecular formula is C65H101ClF3N11O11. The first-order valence-electron chi connectivity index (χ1n) is 32.6. The first-order chi connectivity index (χ1) is 42.7. The Kier molecular flexibility index (Phi) is 27.6. The molecule has 1 aromatic carbocycles. The Morgan fingerprint density at radius 2 is 1.24 bits per heavy atom. The average Bonchev–Trinajstić information content (AvgIpc) is 1.95. The minimum atomic E-state index is -4.74. The summed E-state index contributed by atoms with van der Waals surface area (Å²) < 4.78 is 41.3. The second-order valence-electron chi connectivity index (χ2n) is 26.7. The van der Waals surface area contributed by atoms with Gasteiger partial charge in [0, 0.05) is 61.3 Å². The molecule has 2 saturated heterocycles. The third-order valence-corrected chi connectivity index (χ3v) is 19.5. The van der Waals surface area contributed by atoms with E-state index in [0.717, 1.165) is 58.9 Å². The molecule has 0 aromatic heterocycles. The number of amides is 11. The Bertz CT molecular complexity index is 2780. The van der Waals surface area contributed by atoms with Gasteiger partial charge in [0.05, 0.1) is 30.2 Å². The summed E-state index contributed by atoms with van der Waals surface area (Å²) in [5.74, 6) is -7.71. The maximum atomic E-state index is 15.1. The van der Waals surface area contributed by atoms with Gasteiger partial charge in [-0.1, -0.05) is 117 Å². The first-order valence-corrected chi connectivity index (χ1v) is 32.9. The van der Waals surface area contributed by atoms with Gasteiger partial charge in [0.15, 0.2) is 0 Å². The van der Waals surface area contributed by atoms with Gasteiger partial charge in [-0.25, -0.2) is 0 Å². The number of hydrogen-bond donors (Lipinski definition) is 4. The summed E-state index contributed by atoms with van der Waals surface area (Å²) in [6, 6.07) is -4.57. The number of hydrogen-bond acceptors (Lipinski definition) is 11. The number of carbonyl (C=O) groups is 11. The number of nitrogens with zero attached hydrogens (tertiary/aromatic N) is 7. The monoisotopic (exact) mass is 1300 g/mol. The SMILES string of the molecule is CC[C@H](C)[C@@H]1NC(=O)[C@H](CC(C)C)N(C)C(=O)C[C@@H](C)NC(=O)[C@H]([C@@H](C)CC)N(C)C(=O)C2(CCCC2)NC(=O)[C@@H]2CCCN2C(=O)[C@H](CCc2ccc(C(F)(F)F)c(Cl)c2)NC(=O)CN(C)C(=O)[C@H](CC2CCCCC2)N(C)C(=O)CN(C)C(=O)CN(C)C1=O. The topological polar surface area (TPSA) is 259 Å². The summed E-state index contributed by atoms with van der Waals surface area (Å²) in [5.41, 5.74) is -2.25. The van der Waals surface area contributed by atoms with Crippen LogP contribution in [0, 0.1) is 23.7 Å². The van der Waals surface area contributed by atoms with Crippen molar-refractivity contribution in [2.75, 3.05) is 68.5 Å².